The number of hydrogen-bond acceptors (Lipinski definition) is 3. The topological polar surface area (TPSA) is 128 Å². The third-order valence-corrected chi connectivity index (χ3v) is 2.89. The van der Waals surface area contributed by atoms with Gasteiger partial charge in [0.2, 0.25) is 5.56 Å². The summed E-state index contributed by atoms with van der Waals surface area (Å²) in [4.78, 5) is 24.7. The van der Waals surface area contributed by atoms with Crippen LogP contribution in [-0.4, -0.2) is 27.6 Å². The van der Waals surface area contributed by atoms with Crippen molar-refractivity contribution in [1.82, 2.24) is 4.98 Å². The van der Waals surface area contributed by atoms with Gasteiger partial charge in [-0.3, -0.25) is 9.59 Å². The molecule has 0 aliphatic rings. The van der Waals surface area contributed by atoms with Crippen LogP contribution in [0.5, 0.6) is 0 Å². The van der Waals surface area contributed by atoms with Gasteiger partial charge in [-0.1, -0.05) is 6.07 Å². The molecule has 1 aromatic heterocycles. The lowest BCUT2D eigenvalue weighted by Gasteiger charge is -2.08. The van der Waals surface area contributed by atoms with E-state index in [-0.39, 0.29) is 17.5 Å². The van der Waals surface area contributed by atoms with Crippen LogP contribution in [0.15, 0.2) is 29.1 Å². The molecular weight excluding hydrogens is 248 g/mol. The molecule has 1 aromatic carbocycles. The van der Waals surface area contributed by atoms with Gasteiger partial charge < -0.3 is 21.3 Å². The molecule has 102 valence electrons. The third-order valence-electron chi connectivity index (χ3n) is 2.89. The van der Waals surface area contributed by atoms with E-state index in [0.717, 1.165) is 22.0 Å². The summed E-state index contributed by atoms with van der Waals surface area (Å²) >= 11 is 0. The number of carboxylic acids is 1. The normalized spacial score (nSPS) is 11.9. The molecule has 0 bridgehead atoms. The van der Waals surface area contributed by atoms with Crippen molar-refractivity contribution in [2.75, 3.05) is 0 Å². The summed E-state index contributed by atoms with van der Waals surface area (Å²) < 4.78 is 0. The molecule has 0 radical (unpaired) electrons. The van der Waals surface area contributed by atoms with Crippen molar-refractivity contribution >= 4 is 16.9 Å². The first kappa shape index (κ1) is 14.9. The molecular formula is C13H16N2O4. The highest BCUT2D eigenvalue weighted by atomic mass is 16.4. The molecule has 0 aliphatic carbocycles. The number of rotatable bonds is 3. The second-order valence-electron chi connectivity index (χ2n) is 4.35. The molecule has 0 unspecified atom stereocenters. The first-order valence-corrected chi connectivity index (χ1v) is 5.58. The standard InChI is InChI=1S/C13H14N2O3.H2O/c1-7-4-12(16)15-11-3-2-8(5-9(7)11)6-10(14)13(17)18;/h2-5,10H,6,14H2,1H3,(H,15,16)(H,17,18);1H2/t10-;/m0./s1. The van der Waals surface area contributed by atoms with Crippen molar-refractivity contribution < 1.29 is 15.4 Å². The average molecular weight is 264 g/mol. The lowest BCUT2D eigenvalue weighted by Crippen LogP contribution is -2.32. The lowest BCUT2D eigenvalue weighted by atomic mass is 10.0. The van der Waals surface area contributed by atoms with Gasteiger partial charge in [-0.2, -0.15) is 0 Å². The van der Waals surface area contributed by atoms with Gasteiger partial charge in [0, 0.05) is 17.0 Å². The van der Waals surface area contributed by atoms with E-state index in [2.05, 4.69) is 4.98 Å². The first-order chi connectivity index (χ1) is 8.47. The van der Waals surface area contributed by atoms with Crippen LogP contribution >= 0.6 is 0 Å². The Balaban J connectivity index is 0.00000180. The number of aliphatic carboxylic acids is 1. The van der Waals surface area contributed by atoms with E-state index in [9.17, 15) is 9.59 Å². The number of H-pyrrole nitrogens is 1. The van der Waals surface area contributed by atoms with Crippen molar-refractivity contribution in [2.24, 2.45) is 5.73 Å². The first-order valence-electron chi connectivity index (χ1n) is 5.58. The molecule has 6 heteroatoms. The number of pyridine rings is 1. The van der Waals surface area contributed by atoms with Crippen LogP contribution in [-0.2, 0) is 11.2 Å². The minimum absolute atomic E-state index is 0. The van der Waals surface area contributed by atoms with E-state index in [4.69, 9.17) is 10.8 Å². The highest BCUT2D eigenvalue weighted by molar-refractivity contribution is 5.82. The number of carbonyl (C=O) groups is 1. The zero-order valence-electron chi connectivity index (χ0n) is 10.4. The fourth-order valence-electron chi connectivity index (χ4n) is 1.94. The predicted molar refractivity (Wildman–Crippen MR) is 72.2 cm³/mol. The second-order valence-corrected chi connectivity index (χ2v) is 4.35. The molecule has 0 fully saturated rings. The summed E-state index contributed by atoms with van der Waals surface area (Å²) in [5.74, 6) is -1.02. The Morgan fingerprint density at radius 1 is 1.42 bits per heavy atom. The van der Waals surface area contributed by atoms with Gasteiger partial charge in [0.05, 0.1) is 0 Å². The molecule has 1 heterocycles. The van der Waals surface area contributed by atoms with E-state index in [1.54, 1.807) is 12.1 Å². The number of hydrogen-bond donors (Lipinski definition) is 3. The molecule has 0 aliphatic heterocycles. The zero-order chi connectivity index (χ0) is 13.3. The summed E-state index contributed by atoms with van der Waals surface area (Å²) in [7, 11) is 0. The monoisotopic (exact) mass is 264 g/mol. The number of carboxylic acid groups (broad SMARTS) is 1. The van der Waals surface area contributed by atoms with E-state index >= 15 is 0 Å². The van der Waals surface area contributed by atoms with Crippen LogP contribution < -0.4 is 11.3 Å². The van der Waals surface area contributed by atoms with Crippen LogP contribution in [0.4, 0.5) is 0 Å². The number of nitrogens with one attached hydrogen (secondary N) is 1. The minimum atomic E-state index is -1.02. The van der Waals surface area contributed by atoms with E-state index in [0.29, 0.717) is 0 Å². The molecule has 2 aromatic rings. The molecule has 0 spiro atoms. The zero-order valence-corrected chi connectivity index (χ0v) is 10.4. The summed E-state index contributed by atoms with van der Waals surface area (Å²) in [6.45, 7) is 1.85. The SMILES string of the molecule is Cc1cc(=O)[nH]c2ccc(C[C@H](N)C(=O)O)cc12.O. The molecule has 0 saturated carbocycles. The maximum atomic E-state index is 11.3. The minimum Gasteiger partial charge on any atom is -0.480 e. The third kappa shape index (κ3) is 3.18. The highest BCUT2D eigenvalue weighted by Gasteiger charge is 2.12. The van der Waals surface area contributed by atoms with Crippen LogP contribution in [0, 0.1) is 6.92 Å². The Labute approximate surface area is 109 Å². The smallest absolute Gasteiger partial charge is 0.320 e. The number of aryl methyl sites for hydroxylation is 1. The van der Waals surface area contributed by atoms with E-state index in [1.165, 1.54) is 6.07 Å². The van der Waals surface area contributed by atoms with Gasteiger partial charge in [0.15, 0.2) is 0 Å². The van der Waals surface area contributed by atoms with Crippen molar-refractivity contribution in [2.45, 2.75) is 19.4 Å². The Kier molecular flexibility index (Phi) is 4.42. The largest absolute Gasteiger partial charge is 0.480 e. The second kappa shape index (κ2) is 5.64. The number of benzene rings is 1. The van der Waals surface area contributed by atoms with Crippen molar-refractivity contribution in [3.8, 4) is 0 Å². The van der Waals surface area contributed by atoms with Crippen molar-refractivity contribution in [3.05, 3.63) is 45.7 Å². The maximum Gasteiger partial charge on any atom is 0.320 e. The molecule has 6 N–H and O–H groups in total. The van der Waals surface area contributed by atoms with Crippen LogP contribution in [0.1, 0.15) is 11.1 Å². The molecule has 2 rings (SSSR count). The number of aromatic amines is 1. The van der Waals surface area contributed by atoms with Crippen LogP contribution in [0.3, 0.4) is 0 Å². The number of nitrogens with two attached hydrogens (primary N) is 1. The average Bonchev–Trinajstić information content (AvgIpc) is 2.29. The van der Waals surface area contributed by atoms with Crippen molar-refractivity contribution in [1.29, 1.82) is 0 Å². The Morgan fingerprint density at radius 3 is 2.74 bits per heavy atom. The summed E-state index contributed by atoms with van der Waals surface area (Å²) in [6.07, 6.45) is 0.268. The van der Waals surface area contributed by atoms with Gasteiger partial charge in [-0.25, -0.2) is 0 Å². The van der Waals surface area contributed by atoms with Gasteiger partial charge in [0.1, 0.15) is 6.04 Å². The van der Waals surface area contributed by atoms with Crippen LogP contribution in [0.25, 0.3) is 10.9 Å². The number of fused-ring (bicyclic) bond motifs is 1. The fraction of sp³-hybridized carbons (Fsp3) is 0.231. The molecule has 0 amide bonds. The van der Waals surface area contributed by atoms with Gasteiger partial charge >= 0.3 is 5.97 Å². The fourth-order valence-corrected chi connectivity index (χ4v) is 1.94. The predicted octanol–water partition coefficient (Wildman–Crippen LogP) is -0.0338. The Hall–Kier alpha value is -2.18. The summed E-state index contributed by atoms with van der Waals surface area (Å²) in [6, 6.07) is 6.02. The summed E-state index contributed by atoms with van der Waals surface area (Å²) in [5, 5.41) is 9.68. The van der Waals surface area contributed by atoms with Gasteiger partial charge in [-0.15, -0.1) is 0 Å². The lowest BCUT2D eigenvalue weighted by molar-refractivity contribution is -0.138. The quantitative estimate of drug-likeness (QED) is 0.718. The Morgan fingerprint density at radius 2 is 2.11 bits per heavy atom. The van der Waals surface area contributed by atoms with Gasteiger partial charge in [-0.05, 0) is 36.6 Å². The molecule has 19 heavy (non-hydrogen) atoms. The molecule has 1 atom stereocenters. The molecule has 6 nitrogen and oxygen atoms in total. The van der Waals surface area contributed by atoms with E-state index < -0.39 is 12.0 Å². The Bertz CT molecular complexity index is 663. The summed E-state index contributed by atoms with van der Waals surface area (Å²) in [5.41, 5.74) is 7.80. The molecule has 0 saturated heterocycles. The van der Waals surface area contributed by atoms with Gasteiger partial charge in [0.25, 0.3) is 0 Å². The number of aromatic nitrogens is 1. The highest BCUT2D eigenvalue weighted by Crippen LogP contribution is 2.17. The maximum absolute atomic E-state index is 11.3. The van der Waals surface area contributed by atoms with E-state index in [1.807, 2.05) is 13.0 Å². The van der Waals surface area contributed by atoms with Crippen molar-refractivity contribution in [3.63, 3.8) is 0 Å². The van der Waals surface area contributed by atoms with Crippen LogP contribution in [0.2, 0.25) is 0 Å².